The number of carbonyl (C=O) groups excluding carboxylic acids is 1. The van der Waals surface area contributed by atoms with Crippen LogP contribution in [0.15, 0.2) is 24.3 Å². The highest BCUT2D eigenvalue weighted by atomic mass is 16.4. The summed E-state index contributed by atoms with van der Waals surface area (Å²) >= 11 is 0. The second-order valence-corrected chi connectivity index (χ2v) is 6.32. The van der Waals surface area contributed by atoms with Crippen LogP contribution in [0.25, 0.3) is 0 Å². The van der Waals surface area contributed by atoms with Crippen molar-refractivity contribution in [3.05, 3.63) is 35.4 Å². The van der Waals surface area contributed by atoms with E-state index in [0.717, 1.165) is 11.1 Å². The number of aliphatic carboxylic acids is 1. The molecule has 1 heterocycles. The van der Waals surface area contributed by atoms with Crippen LogP contribution in [-0.2, 0) is 9.59 Å². The molecule has 1 amide bonds. The third-order valence-electron chi connectivity index (χ3n) is 4.91. The number of likely N-dealkylation sites (tertiary alicyclic amines) is 1. The molecule has 0 spiro atoms. The van der Waals surface area contributed by atoms with Crippen LogP contribution in [0, 0.1) is 12.8 Å². The molecule has 6 heteroatoms. The predicted octanol–water partition coefficient (Wildman–Crippen LogP) is 0.940. The number of hydrogen-bond donors (Lipinski definition) is 3. The van der Waals surface area contributed by atoms with Gasteiger partial charge in [0.15, 0.2) is 0 Å². The zero-order chi connectivity index (χ0) is 17.2. The molecule has 2 rings (SSSR count). The first-order valence-electron chi connectivity index (χ1n) is 7.73. The topological polar surface area (TPSA) is 89.9 Å². The number of carbonyl (C=O) groups is 2. The molecule has 1 aliphatic heterocycles. The van der Waals surface area contributed by atoms with Crippen LogP contribution in [0.4, 0.5) is 0 Å². The number of aryl methyl sites for hydroxylation is 1. The number of carboxylic acids is 1. The van der Waals surface area contributed by atoms with Crippen molar-refractivity contribution in [3.63, 3.8) is 0 Å². The molecule has 1 fully saturated rings. The van der Waals surface area contributed by atoms with Gasteiger partial charge in [0.2, 0.25) is 5.91 Å². The summed E-state index contributed by atoms with van der Waals surface area (Å²) in [5.74, 6) is -1.63. The number of nitrogens with one attached hydrogen (secondary N) is 1. The summed E-state index contributed by atoms with van der Waals surface area (Å²) in [5.41, 5.74) is 0.886. The number of amides is 1. The summed E-state index contributed by atoms with van der Waals surface area (Å²) in [4.78, 5) is 26.1. The van der Waals surface area contributed by atoms with Gasteiger partial charge in [-0.05, 0) is 38.4 Å². The Bertz CT molecular complexity index is 604. The standard InChI is InChI=1S/C17H24N2O4/c1-11-6-4-5-7-12(11)14-13(15(21)18-8-9-20)10-17(2,16(22)23)19(14)3/h4-7,13-14,20H,8-10H2,1-3H3,(H,18,21)(H,22,23)/t13-,14-,17-/m0/s1. The molecule has 1 saturated heterocycles. The summed E-state index contributed by atoms with van der Waals surface area (Å²) in [6.07, 6.45) is 0.231. The highest BCUT2D eigenvalue weighted by molar-refractivity contribution is 5.85. The van der Waals surface area contributed by atoms with E-state index >= 15 is 0 Å². The van der Waals surface area contributed by atoms with Crippen LogP contribution < -0.4 is 5.32 Å². The molecule has 0 bridgehead atoms. The largest absolute Gasteiger partial charge is 0.480 e. The third kappa shape index (κ3) is 3.09. The van der Waals surface area contributed by atoms with Crippen molar-refractivity contribution in [2.45, 2.75) is 31.8 Å². The Balaban J connectivity index is 2.43. The maximum atomic E-state index is 12.5. The van der Waals surface area contributed by atoms with Crippen LogP contribution in [0.2, 0.25) is 0 Å². The predicted molar refractivity (Wildman–Crippen MR) is 85.9 cm³/mol. The number of rotatable bonds is 5. The van der Waals surface area contributed by atoms with Crippen molar-refractivity contribution in [2.24, 2.45) is 5.92 Å². The zero-order valence-corrected chi connectivity index (χ0v) is 13.7. The number of aliphatic hydroxyl groups excluding tert-OH is 1. The fourth-order valence-electron chi connectivity index (χ4n) is 3.39. The van der Waals surface area contributed by atoms with Gasteiger partial charge in [0.1, 0.15) is 5.54 Å². The van der Waals surface area contributed by atoms with Crippen molar-refractivity contribution in [1.29, 1.82) is 0 Å². The molecule has 23 heavy (non-hydrogen) atoms. The third-order valence-corrected chi connectivity index (χ3v) is 4.91. The van der Waals surface area contributed by atoms with Gasteiger partial charge in [-0.1, -0.05) is 24.3 Å². The van der Waals surface area contributed by atoms with Crippen LogP contribution in [0.3, 0.4) is 0 Å². The highest BCUT2D eigenvalue weighted by Gasteiger charge is 2.54. The minimum Gasteiger partial charge on any atom is -0.480 e. The quantitative estimate of drug-likeness (QED) is 0.751. The van der Waals surface area contributed by atoms with Gasteiger partial charge in [0.25, 0.3) is 0 Å². The van der Waals surface area contributed by atoms with E-state index in [4.69, 9.17) is 5.11 Å². The second kappa shape index (κ2) is 6.68. The SMILES string of the molecule is Cc1ccccc1[C@H]1[C@@H](C(=O)NCCO)C[C@@](C)(C(=O)O)N1C. The summed E-state index contributed by atoms with van der Waals surface area (Å²) in [6.45, 7) is 3.64. The molecule has 1 aromatic carbocycles. The summed E-state index contributed by atoms with van der Waals surface area (Å²) in [6, 6.07) is 7.41. The molecule has 3 atom stereocenters. The smallest absolute Gasteiger partial charge is 0.323 e. The van der Waals surface area contributed by atoms with E-state index in [9.17, 15) is 14.7 Å². The van der Waals surface area contributed by atoms with Crippen LogP contribution in [-0.4, -0.2) is 52.7 Å². The minimum absolute atomic E-state index is 0.139. The van der Waals surface area contributed by atoms with Crippen molar-refractivity contribution in [1.82, 2.24) is 10.2 Å². The van der Waals surface area contributed by atoms with E-state index in [1.165, 1.54) is 0 Å². The lowest BCUT2D eigenvalue weighted by atomic mass is 9.88. The molecule has 0 unspecified atom stereocenters. The molecular formula is C17H24N2O4. The Kier molecular flexibility index (Phi) is 5.06. The number of benzene rings is 1. The Morgan fingerprint density at radius 1 is 1.39 bits per heavy atom. The number of aliphatic hydroxyl groups is 1. The van der Waals surface area contributed by atoms with Gasteiger partial charge >= 0.3 is 5.97 Å². The number of likely N-dealkylation sites (N-methyl/N-ethyl adjacent to an activating group) is 1. The molecule has 6 nitrogen and oxygen atoms in total. The molecule has 0 saturated carbocycles. The molecule has 0 aliphatic carbocycles. The highest BCUT2D eigenvalue weighted by Crippen LogP contribution is 2.46. The summed E-state index contributed by atoms with van der Waals surface area (Å²) in [5, 5.41) is 21.2. The number of carboxylic acid groups (broad SMARTS) is 1. The van der Waals surface area contributed by atoms with E-state index in [2.05, 4.69) is 5.32 Å². The van der Waals surface area contributed by atoms with Gasteiger partial charge in [0, 0.05) is 12.6 Å². The lowest BCUT2D eigenvalue weighted by Crippen LogP contribution is -2.46. The zero-order valence-electron chi connectivity index (χ0n) is 13.7. The number of hydrogen-bond acceptors (Lipinski definition) is 4. The van der Waals surface area contributed by atoms with E-state index in [1.54, 1.807) is 18.9 Å². The van der Waals surface area contributed by atoms with Crippen molar-refractivity contribution in [3.8, 4) is 0 Å². The fourth-order valence-corrected chi connectivity index (χ4v) is 3.39. The van der Waals surface area contributed by atoms with E-state index in [-0.39, 0.29) is 31.5 Å². The van der Waals surface area contributed by atoms with Crippen LogP contribution >= 0.6 is 0 Å². The van der Waals surface area contributed by atoms with E-state index < -0.39 is 17.4 Å². The Hall–Kier alpha value is -1.92. The first-order chi connectivity index (χ1) is 10.8. The molecule has 126 valence electrons. The van der Waals surface area contributed by atoms with Crippen molar-refractivity contribution in [2.75, 3.05) is 20.2 Å². The molecule has 0 radical (unpaired) electrons. The maximum Gasteiger partial charge on any atom is 0.323 e. The molecule has 1 aliphatic rings. The molecule has 3 N–H and O–H groups in total. The minimum atomic E-state index is -1.10. The molecule has 1 aromatic rings. The van der Waals surface area contributed by atoms with E-state index in [1.807, 2.05) is 31.2 Å². The lowest BCUT2D eigenvalue weighted by molar-refractivity contribution is -0.148. The van der Waals surface area contributed by atoms with Gasteiger partial charge in [0.05, 0.1) is 12.5 Å². The van der Waals surface area contributed by atoms with Crippen molar-refractivity contribution < 1.29 is 19.8 Å². The van der Waals surface area contributed by atoms with Gasteiger partial charge < -0.3 is 15.5 Å². The Morgan fingerprint density at radius 2 is 2.04 bits per heavy atom. The Labute approximate surface area is 136 Å². The first-order valence-corrected chi connectivity index (χ1v) is 7.73. The fraction of sp³-hybridized carbons (Fsp3) is 0.529. The van der Waals surface area contributed by atoms with Crippen LogP contribution in [0.5, 0.6) is 0 Å². The summed E-state index contributed by atoms with van der Waals surface area (Å²) in [7, 11) is 1.75. The monoisotopic (exact) mass is 320 g/mol. The van der Waals surface area contributed by atoms with E-state index in [0.29, 0.717) is 0 Å². The maximum absolute atomic E-state index is 12.5. The van der Waals surface area contributed by atoms with Crippen molar-refractivity contribution >= 4 is 11.9 Å². The van der Waals surface area contributed by atoms with Gasteiger partial charge in [-0.3, -0.25) is 14.5 Å². The normalized spacial score (nSPS) is 27.8. The van der Waals surface area contributed by atoms with Gasteiger partial charge in [-0.2, -0.15) is 0 Å². The van der Waals surface area contributed by atoms with Gasteiger partial charge in [-0.25, -0.2) is 0 Å². The average molecular weight is 320 g/mol. The molecular weight excluding hydrogens is 296 g/mol. The number of nitrogens with zero attached hydrogens (tertiary/aromatic N) is 1. The van der Waals surface area contributed by atoms with Gasteiger partial charge in [-0.15, -0.1) is 0 Å². The average Bonchev–Trinajstić information content (AvgIpc) is 2.79. The van der Waals surface area contributed by atoms with Crippen LogP contribution in [0.1, 0.15) is 30.5 Å². The molecule has 0 aromatic heterocycles. The summed E-state index contributed by atoms with van der Waals surface area (Å²) < 4.78 is 0. The lowest BCUT2D eigenvalue weighted by Gasteiger charge is -2.32. The Morgan fingerprint density at radius 3 is 2.61 bits per heavy atom. The first kappa shape index (κ1) is 17.4. The second-order valence-electron chi connectivity index (χ2n) is 6.32.